The molecule has 0 saturated heterocycles. The molecule has 23 heavy (non-hydrogen) atoms. The summed E-state index contributed by atoms with van der Waals surface area (Å²) in [7, 11) is 0. The van der Waals surface area contributed by atoms with E-state index in [1.165, 1.54) is 5.56 Å². The van der Waals surface area contributed by atoms with Gasteiger partial charge >= 0.3 is 0 Å². The van der Waals surface area contributed by atoms with E-state index in [-0.39, 0.29) is 5.91 Å². The second-order valence-electron chi connectivity index (χ2n) is 6.28. The first-order valence-electron chi connectivity index (χ1n) is 7.68. The molecule has 0 aliphatic carbocycles. The smallest absolute Gasteiger partial charge is 0.245 e. The molecule has 0 aliphatic heterocycles. The lowest BCUT2D eigenvalue weighted by Gasteiger charge is -2.25. The van der Waals surface area contributed by atoms with Gasteiger partial charge in [-0.15, -0.1) is 0 Å². The van der Waals surface area contributed by atoms with E-state index in [1.54, 1.807) is 6.33 Å². The molecule has 3 rings (SSSR count). The molecule has 3 aromatic rings. The molecular weight excluding hydrogens is 290 g/mol. The second-order valence-corrected chi connectivity index (χ2v) is 6.28. The van der Waals surface area contributed by atoms with E-state index >= 15 is 0 Å². The van der Waals surface area contributed by atoms with E-state index in [2.05, 4.69) is 32.6 Å². The van der Waals surface area contributed by atoms with E-state index in [4.69, 9.17) is 0 Å². The Morgan fingerprint density at radius 3 is 2.96 bits per heavy atom. The number of hydrogen-bond acceptors (Lipinski definition) is 3. The van der Waals surface area contributed by atoms with E-state index in [9.17, 15) is 4.79 Å². The normalized spacial score (nSPS) is 11.8. The summed E-state index contributed by atoms with van der Waals surface area (Å²) < 4.78 is 1.84. The first-order valence-corrected chi connectivity index (χ1v) is 7.68. The Morgan fingerprint density at radius 2 is 2.22 bits per heavy atom. The summed E-state index contributed by atoms with van der Waals surface area (Å²) in [5, 5.41) is 11.0. The number of aryl methyl sites for hydroxylation is 1. The van der Waals surface area contributed by atoms with Crippen LogP contribution in [0.5, 0.6) is 0 Å². The quantitative estimate of drug-likeness (QED) is 0.758. The summed E-state index contributed by atoms with van der Waals surface area (Å²) in [6, 6.07) is 6.16. The van der Waals surface area contributed by atoms with Gasteiger partial charge in [-0.05, 0) is 44.9 Å². The second kappa shape index (κ2) is 5.87. The lowest BCUT2D eigenvalue weighted by molar-refractivity contribution is -0.128. The average molecular weight is 311 g/mol. The van der Waals surface area contributed by atoms with Gasteiger partial charge in [0.05, 0.1) is 23.7 Å². The molecule has 0 fully saturated rings. The maximum absolute atomic E-state index is 12.5. The van der Waals surface area contributed by atoms with Gasteiger partial charge in [0.15, 0.2) is 0 Å². The van der Waals surface area contributed by atoms with E-state index in [0.717, 1.165) is 23.0 Å². The van der Waals surface area contributed by atoms with Crippen molar-refractivity contribution in [2.45, 2.75) is 32.7 Å². The first-order chi connectivity index (χ1) is 11.0. The maximum Gasteiger partial charge on any atom is 0.245 e. The molecule has 1 aromatic carbocycles. The van der Waals surface area contributed by atoms with Crippen molar-refractivity contribution in [1.82, 2.24) is 25.1 Å². The third kappa shape index (κ3) is 3.11. The minimum atomic E-state index is -0.657. The largest absolute Gasteiger partial charge is 0.354 e. The number of aromatic amines is 1. The van der Waals surface area contributed by atoms with Crippen LogP contribution in [0.3, 0.4) is 0 Å². The number of aromatic nitrogens is 4. The molecule has 0 bridgehead atoms. The topological polar surface area (TPSA) is 75.6 Å². The molecule has 6 nitrogen and oxygen atoms in total. The number of benzene rings is 1. The van der Waals surface area contributed by atoms with Gasteiger partial charge in [-0.3, -0.25) is 9.89 Å². The Hall–Kier alpha value is -2.63. The van der Waals surface area contributed by atoms with Gasteiger partial charge in [0.25, 0.3) is 0 Å². The molecule has 0 spiro atoms. The Labute approximate surface area is 134 Å². The highest BCUT2D eigenvalue weighted by Crippen LogP contribution is 2.16. The average Bonchev–Trinajstić information content (AvgIpc) is 3.15. The Morgan fingerprint density at radius 1 is 1.39 bits per heavy atom. The monoisotopic (exact) mass is 311 g/mol. The van der Waals surface area contributed by atoms with Crippen LogP contribution in [0.15, 0.2) is 36.9 Å². The highest BCUT2D eigenvalue weighted by molar-refractivity contribution is 5.83. The summed E-state index contributed by atoms with van der Waals surface area (Å²) in [5.41, 5.74) is 2.44. The number of carbonyl (C=O) groups excluding carboxylic acids is 1. The fourth-order valence-electron chi connectivity index (χ4n) is 2.53. The van der Waals surface area contributed by atoms with Crippen molar-refractivity contribution in [3.63, 3.8) is 0 Å². The fourth-order valence-corrected chi connectivity index (χ4v) is 2.53. The Balaban J connectivity index is 1.60. The molecule has 2 aromatic heterocycles. The number of rotatable bonds is 5. The number of fused-ring (bicyclic) bond motifs is 1. The molecule has 0 aliphatic rings. The summed E-state index contributed by atoms with van der Waals surface area (Å²) in [6.07, 6.45) is 6.17. The molecule has 2 N–H and O–H groups in total. The van der Waals surface area contributed by atoms with Crippen LogP contribution >= 0.6 is 0 Å². The standard InChI is InChI=1S/C17H21N5O/c1-12-10-22(11-19-12)17(2,3)16(23)18-7-6-13-4-5-15-14(8-13)9-20-21-15/h4-5,8-11H,6-7H2,1-3H3,(H,18,23)(H,20,21). The third-order valence-electron chi connectivity index (χ3n) is 4.12. The van der Waals surface area contributed by atoms with Crippen LogP contribution in [-0.2, 0) is 16.8 Å². The number of nitrogens with one attached hydrogen (secondary N) is 2. The summed E-state index contributed by atoms with van der Waals surface area (Å²) in [6.45, 7) is 6.29. The lowest BCUT2D eigenvalue weighted by Crippen LogP contribution is -2.44. The molecule has 120 valence electrons. The Kier molecular flexibility index (Phi) is 3.90. The Bertz CT molecular complexity index is 830. The van der Waals surface area contributed by atoms with Crippen LogP contribution in [0, 0.1) is 6.92 Å². The van der Waals surface area contributed by atoms with Crippen LogP contribution in [0.25, 0.3) is 10.9 Å². The number of H-pyrrole nitrogens is 1. The SMILES string of the molecule is Cc1cn(C(C)(C)C(=O)NCCc2ccc3[nH]ncc3c2)cn1. The van der Waals surface area contributed by atoms with Crippen molar-refractivity contribution in [2.24, 2.45) is 0 Å². The number of imidazole rings is 1. The van der Waals surface area contributed by atoms with E-state index in [0.29, 0.717) is 6.54 Å². The summed E-state index contributed by atoms with van der Waals surface area (Å²) in [4.78, 5) is 16.7. The van der Waals surface area contributed by atoms with Crippen LogP contribution in [0.2, 0.25) is 0 Å². The van der Waals surface area contributed by atoms with Gasteiger partial charge in [-0.2, -0.15) is 5.10 Å². The molecule has 6 heteroatoms. The molecule has 0 unspecified atom stereocenters. The van der Waals surface area contributed by atoms with Gasteiger partial charge in [0.2, 0.25) is 5.91 Å². The molecular formula is C17H21N5O. The zero-order valence-electron chi connectivity index (χ0n) is 13.6. The molecule has 1 amide bonds. The highest BCUT2D eigenvalue weighted by Gasteiger charge is 2.29. The minimum absolute atomic E-state index is 0.0145. The first kappa shape index (κ1) is 15.3. The van der Waals surface area contributed by atoms with Gasteiger partial charge < -0.3 is 9.88 Å². The fraction of sp³-hybridized carbons (Fsp3) is 0.353. The van der Waals surface area contributed by atoms with Gasteiger partial charge in [0, 0.05) is 18.1 Å². The van der Waals surface area contributed by atoms with Crippen LogP contribution < -0.4 is 5.32 Å². The predicted molar refractivity (Wildman–Crippen MR) is 89.1 cm³/mol. The van der Waals surface area contributed by atoms with Crippen LogP contribution in [-0.4, -0.2) is 32.2 Å². The number of amides is 1. The third-order valence-corrected chi connectivity index (χ3v) is 4.12. The summed E-state index contributed by atoms with van der Waals surface area (Å²) in [5.74, 6) is -0.0145. The number of carbonyl (C=O) groups is 1. The molecule has 0 radical (unpaired) electrons. The van der Waals surface area contributed by atoms with Crippen molar-refractivity contribution in [1.29, 1.82) is 0 Å². The van der Waals surface area contributed by atoms with Crippen molar-refractivity contribution in [3.8, 4) is 0 Å². The van der Waals surface area contributed by atoms with Crippen LogP contribution in [0.4, 0.5) is 0 Å². The van der Waals surface area contributed by atoms with E-state index < -0.39 is 5.54 Å². The number of nitrogens with zero attached hydrogens (tertiary/aromatic N) is 3. The van der Waals surface area contributed by atoms with Crippen molar-refractivity contribution in [2.75, 3.05) is 6.54 Å². The van der Waals surface area contributed by atoms with E-state index in [1.807, 2.05) is 43.8 Å². The molecule has 2 heterocycles. The van der Waals surface area contributed by atoms with Crippen molar-refractivity contribution in [3.05, 3.63) is 48.2 Å². The maximum atomic E-state index is 12.5. The van der Waals surface area contributed by atoms with Crippen molar-refractivity contribution >= 4 is 16.8 Å². The van der Waals surface area contributed by atoms with Crippen LogP contribution in [0.1, 0.15) is 25.1 Å². The minimum Gasteiger partial charge on any atom is -0.354 e. The van der Waals surface area contributed by atoms with Crippen molar-refractivity contribution < 1.29 is 4.79 Å². The number of hydrogen-bond donors (Lipinski definition) is 2. The zero-order chi connectivity index (χ0) is 16.4. The van der Waals surface area contributed by atoms with Gasteiger partial charge in [0.1, 0.15) is 5.54 Å². The molecule has 0 saturated carbocycles. The lowest BCUT2D eigenvalue weighted by atomic mass is 10.0. The highest BCUT2D eigenvalue weighted by atomic mass is 16.2. The van der Waals surface area contributed by atoms with Gasteiger partial charge in [-0.1, -0.05) is 6.07 Å². The van der Waals surface area contributed by atoms with Gasteiger partial charge in [-0.25, -0.2) is 4.98 Å². The zero-order valence-corrected chi connectivity index (χ0v) is 13.6. The summed E-state index contributed by atoms with van der Waals surface area (Å²) >= 11 is 0. The predicted octanol–water partition coefficient (Wildman–Crippen LogP) is 2.16. The molecule has 0 atom stereocenters.